The third-order valence-electron chi connectivity index (χ3n) is 5.29. The van der Waals surface area contributed by atoms with Crippen LogP contribution in [0.4, 0.5) is 0 Å². The van der Waals surface area contributed by atoms with Gasteiger partial charge in [0.05, 0.1) is 0 Å². The van der Waals surface area contributed by atoms with Crippen LogP contribution < -0.4 is 0 Å². The van der Waals surface area contributed by atoms with E-state index < -0.39 is 9.84 Å². The van der Waals surface area contributed by atoms with E-state index in [9.17, 15) is 13.2 Å². The summed E-state index contributed by atoms with van der Waals surface area (Å²) in [6, 6.07) is 3.16. The Labute approximate surface area is 155 Å². The molecule has 0 spiro atoms. The summed E-state index contributed by atoms with van der Waals surface area (Å²) < 4.78 is 28.1. The van der Waals surface area contributed by atoms with Crippen LogP contribution in [0.3, 0.4) is 0 Å². The lowest BCUT2D eigenvalue weighted by molar-refractivity contribution is 0.0613. The monoisotopic (exact) mass is 383 g/mol. The van der Waals surface area contributed by atoms with Gasteiger partial charge in [-0.3, -0.25) is 4.79 Å². The van der Waals surface area contributed by atoms with Gasteiger partial charge in [0.25, 0.3) is 5.91 Å². The largest absolute Gasteiger partial charge is 0.455 e. The molecule has 0 atom stereocenters. The van der Waals surface area contributed by atoms with Crippen molar-refractivity contribution >= 4 is 15.7 Å². The van der Waals surface area contributed by atoms with Gasteiger partial charge in [0, 0.05) is 52.1 Å². The molecule has 146 valence electrons. The maximum absolute atomic E-state index is 12.6. The van der Waals surface area contributed by atoms with Crippen LogP contribution in [0.5, 0.6) is 0 Å². The molecule has 1 aromatic rings. The lowest BCUT2D eigenvalue weighted by Gasteiger charge is -2.37. The highest BCUT2D eigenvalue weighted by molar-refractivity contribution is 7.89. The van der Waals surface area contributed by atoms with Crippen molar-refractivity contribution in [1.29, 1.82) is 0 Å². The van der Waals surface area contributed by atoms with E-state index in [4.69, 9.17) is 4.42 Å². The second-order valence-electron chi connectivity index (χ2n) is 7.68. The molecular weight excluding hydrogens is 354 g/mol. The van der Waals surface area contributed by atoms with Crippen molar-refractivity contribution in [2.45, 2.75) is 18.6 Å². The van der Waals surface area contributed by atoms with Crippen LogP contribution in [0.2, 0.25) is 0 Å². The summed E-state index contributed by atoms with van der Waals surface area (Å²) in [4.78, 5) is 19.3. The molecule has 2 aliphatic heterocycles. The number of likely N-dealkylation sites (tertiary alicyclic amines) is 1. The number of piperazine rings is 1. The zero-order chi connectivity index (χ0) is 18.7. The van der Waals surface area contributed by atoms with Crippen LogP contribution in [0.15, 0.2) is 16.5 Å². The molecule has 0 unspecified atom stereocenters. The second-order valence-corrected chi connectivity index (χ2v) is 9.82. The van der Waals surface area contributed by atoms with Crippen molar-refractivity contribution < 1.29 is 17.6 Å². The molecule has 3 heterocycles. The van der Waals surface area contributed by atoms with Crippen molar-refractivity contribution in [3.63, 3.8) is 0 Å². The maximum atomic E-state index is 12.6. The van der Waals surface area contributed by atoms with E-state index in [-0.39, 0.29) is 17.4 Å². The molecule has 2 saturated heterocycles. The summed E-state index contributed by atoms with van der Waals surface area (Å²) >= 11 is 0. The number of piperidine rings is 1. The predicted molar refractivity (Wildman–Crippen MR) is 99.8 cm³/mol. The molecule has 0 aliphatic carbocycles. The van der Waals surface area contributed by atoms with Gasteiger partial charge in [0.2, 0.25) is 0 Å². The Kier molecular flexibility index (Phi) is 6.04. The van der Waals surface area contributed by atoms with E-state index in [0.717, 1.165) is 64.9 Å². The lowest BCUT2D eigenvalue weighted by Crippen LogP contribution is -2.47. The molecule has 1 aromatic heterocycles. The Morgan fingerprint density at radius 2 is 1.77 bits per heavy atom. The standard InChI is InChI=1S/C18H29N3O4S/c1-19-9-11-20(12-10-19)13-15-5-7-21(8-6-15)18(22)17-4-3-16(25-17)14-26(2,23)24/h3-4,15H,5-14H2,1-2H3. The summed E-state index contributed by atoms with van der Waals surface area (Å²) in [6.45, 7) is 7.11. The highest BCUT2D eigenvalue weighted by Crippen LogP contribution is 2.22. The molecular formula is C18H29N3O4S. The number of nitrogens with zero attached hydrogens (tertiary/aromatic N) is 3. The number of hydrogen-bond donors (Lipinski definition) is 0. The Bertz CT molecular complexity index is 715. The molecule has 0 N–H and O–H groups in total. The van der Waals surface area contributed by atoms with Gasteiger partial charge < -0.3 is 19.1 Å². The normalized spacial score (nSPS) is 21.2. The van der Waals surface area contributed by atoms with Crippen LogP contribution in [0, 0.1) is 5.92 Å². The smallest absolute Gasteiger partial charge is 0.289 e. The van der Waals surface area contributed by atoms with Gasteiger partial charge in [-0.05, 0) is 37.9 Å². The van der Waals surface area contributed by atoms with Crippen molar-refractivity contribution in [1.82, 2.24) is 14.7 Å². The molecule has 2 aliphatic rings. The third kappa shape index (κ3) is 5.31. The Balaban J connectivity index is 1.47. The topological polar surface area (TPSA) is 74.1 Å². The van der Waals surface area contributed by atoms with Gasteiger partial charge in [0.15, 0.2) is 15.6 Å². The number of likely N-dealkylation sites (N-methyl/N-ethyl adjacent to an activating group) is 1. The van der Waals surface area contributed by atoms with Crippen LogP contribution >= 0.6 is 0 Å². The number of amides is 1. The van der Waals surface area contributed by atoms with E-state index in [1.807, 2.05) is 4.90 Å². The van der Waals surface area contributed by atoms with Crippen LogP contribution in [-0.2, 0) is 15.6 Å². The first-order valence-corrected chi connectivity index (χ1v) is 11.3. The maximum Gasteiger partial charge on any atom is 0.289 e. The first-order chi connectivity index (χ1) is 12.3. The van der Waals surface area contributed by atoms with E-state index in [2.05, 4.69) is 16.8 Å². The van der Waals surface area contributed by atoms with Crippen molar-refractivity contribution in [3.05, 3.63) is 23.7 Å². The average molecular weight is 384 g/mol. The molecule has 0 saturated carbocycles. The molecule has 2 fully saturated rings. The Morgan fingerprint density at radius 3 is 2.38 bits per heavy atom. The van der Waals surface area contributed by atoms with E-state index in [1.165, 1.54) is 0 Å². The van der Waals surface area contributed by atoms with E-state index >= 15 is 0 Å². The zero-order valence-electron chi connectivity index (χ0n) is 15.7. The highest BCUT2D eigenvalue weighted by Gasteiger charge is 2.27. The number of hydrogen-bond acceptors (Lipinski definition) is 6. The molecule has 0 bridgehead atoms. The van der Waals surface area contributed by atoms with Gasteiger partial charge in [-0.1, -0.05) is 0 Å². The molecule has 0 aromatic carbocycles. The molecule has 3 rings (SSSR count). The van der Waals surface area contributed by atoms with Crippen molar-refractivity contribution in [2.75, 3.05) is 59.1 Å². The third-order valence-corrected chi connectivity index (χ3v) is 6.10. The SMILES string of the molecule is CN1CCN(CC2CCN(C(=O)c3ccc(CS(C)(=O)=O)o3)CC2)CC1. The fourth-order valence-corrected chi connectivity index (χ4v) is 4.37. The lowest BCUT2D eigenvalue weighted by atomic mass is 9.95. The first kappa shape index (κ1) is 19.4. The highest BCUT2D eigenvalue weighted by atomic mass is 32.2. The van der Waals surface area contributed by atoms with Gasteiger partial charge in [-0.2, -0.15) is 0 Å². The summed E-state index contributed by atoms with van der Waals surface area (Å²) in [5, 5.41) is 0. The first-order valence-electron chi connectivity index (χ1n) is 9.27. The fourth-order valence-electron chi connectivity index (χ4n) is 3.70. The summed E-state index contributed by atoms with van der Waals surface area (Å²) in [7, 11) is -1.00. The number of carbonyl (C=O) groups is 1. The van der Waals surface area contributed by atoms with Gasteiger partial charge in [-0.25, -0.2) is 8.42 Å². The van der Waals surface area contributed by atoms with E-state index in [0.29, 0.717) is 11.7 Å². The average Bonchev–Trinajstić information content (AvgIpc) is 3.03. The predicted octanol–water partition coefficient (Wildman–Crippen LogP) is 0.924. The molecule has 26 heavy (non-hydrogen) atoms. The number of rotatable bonds is 5. The molecule has 8 heteroatoms. The van der Waals surface area contributed by atoms with Crippen molar-refractivity contribution in [2.24, 2.45) is 5.92 Å². The Morgan fingerprint density at radius 1 is 1.12 bits per heavy atom. The fraction of sp³-hybridized carbons (Fsp3) is 0.722. The zero-order valence-corrected chi connectivity index (χ0v) is 16.5. The van der Waals surface area contributed by atoms with Gasteiger partial charge >= 0.3 is 0 Å². The van der Waals surface area contributed by atoms with Crippen LogP contribution in [0.25, 0.3) is 0 Å². The second kappa shape index (κ2) is 8.10. The minimum atomic E-state index is -3.17. The minimum absolute atomic E-state index is 0.136. The number of furan rings is 1. The van der Waals surface area contributed by atoms with Gasteiger partial charge in [-0.15, -0.1) is 0 Å². The quantitative estimate of drug-likeness (QED) is 0.753. The van der Waals surface area contributed by atoms with E-state index in [1.54, 1.807) is 12.1 Å². The summed E-state index contributed by atoms with van der Waals surface area (Å²) in [6.07, 6.45) is 3.17. The number of sulfone groups is 1. The van der Waals surface area contributed by atoms with Crippen molar-refractivity contribution in [3.8, 4) is 0 Å². The number of carbonyl (C=O) groups excluding carboxylic acids is 1. The summed E-state index contributed by atoms with van der Waals surface area (Å²) in [5.41, 5.74) is 0. The Hall–Kier alpha value is -1.38. The van der Waals surface area contributed by atoms with Crippen LogP contribution in [0.1, 0.15) is 29.2 Å². The minimum Gasteiger partial charge on any atom is -0.455 e. The molecule has 0 radical (unpaired) electrons. The van der Waals surface area contributed by atoms with Gasteiger partial charge in [0.1, 0.15) is 11.5 Å². The summed E-state index contributed by atoms with van der Waals surface area (Å²) in [5.74, 6) is 0.887. The molecule has 1 amide bonds. The molecule has 7 nitrogen and oxygen atoms in total. The van der Waals surface area contributed by atoms with Crippen LogP contribution in [-0.4, -0.2) is 88.1 Å².